The minimum absolute atomic E-state index is 0.0257. The molecule has 0 aromatic heterocycles. The molecule has 0 radical (unpaired) electrons. The Kier molecular flexibility index (Phi) is 9.51. The summed E-state index contributed by atoms with van der Waals surface area (Å²) in [5.74, 6) is 1.61. The van der Waals surface area contributed by atoms with Gasteiger partial charge in [0.25, 0.3) is 0 Å². The summed E-state index contributed by atoms with van der Waals surface area (Å²) in [4.78, 5) is 0. The maximum atomic E-state index is 10.9. The Bertz CT molecular complexity index is 978. The molecule has 0 aliphatic rings. The minimum atomic E-state index is -0.604. The molecule has 0 aliphatic carbocycles. The summed E-state index contributed by atoms with van der Waals surface area (Å²) in [6.07, 6.45) is 4.19. The van der Waals surface area contributed by atoms with E-state index in [1.165, 1.54) is 0 Å². The van der Waals surface area contributed by atoms with Crippen LogP contribution in [0, 0.1) is 0 Å². The number of aliphatic hydroxyl groups excluding tert-OH is 1. The lowest BCUT2D eigenvalue weighted by Gasteiger charge is -2.19. The van der Waals surface area contributed by atoms with Crippen molar-refractivity contribution in [3.05, 3.63) is 101 Å². The van der Waals surface area contributed by atoms with Crippen molar-refractivity contribution in [1.82, 2.24) is 0 Å². The number of methoxy groups -OCH3 is 3. The smallest absolute Gasteiger partial charge is 0.146 e. The molecule has 1 N–H and O–H groups in total. The molecule has 5 nitrogen and oxygen atoms in total. The molecule has 0 heterocycles. The summed E-state index contributed by atoms with van der Waals surface area (Å²) in [6.45, 7) is 0.794. The molecule has 33 heavy (non-hydrogen) atoms. The first-order chi connectivity index (χ1) is 16.1. The van der Waals surface area contributed by atoms with Crippen LogP contribution in [0.5, 0.6) is 11.5 Å². The fourth-order valence-electron chi connectivity index (χ4n) is 3.57. The van der Waals surface area contributed by atoms with Gasteiger partial charge >= 0.3 is 0 Å². The van der Waals surface area contributed by atoms with Gasteiger partial charge in [-0.2, -0.15) is 0 Å². The highest BCUT2D eigenvalue weighted by molar-refractivity contribution is 5.51. The van der Waals surface area contributed by atoms with Gasteiger partial charge in [-0.3, -0.25) is 0 Å². The molecule has 0 saturated carbocycles. The van der Waals surface area contributed by atoms with Crippen molar-refractivity contribution < 1.29 is 24.1 Å². The van der Waals surface area contributed by atoms with Gasteiger partial charge < -0.3 is 24.1 Å². The quantitative estimate of drug-likeness (QED) is 0.283. The zero-order chi connectivity index (χ0) is 23.5. The van der Waals surface area contributed by atoms with E-state index >= 15 is 0 Å². The molecule has 3 aromatic carbocycles. The van der Waals surface area contributed by atoms with Gasteiger partial charge in [0.2, 0.25) is 0 Å². The Hall–Kier alpha value is -3.12. The Morgan fingerprint density at radius 2 is 1.33 bits per heavy atom. The van der Waals surface area contributed by atoms with E-state index in [-0.39, 0.29) is 12.7 Å². The minimum Gasteiger partial charge on any atom is -0.497 e. The number of rotatable bonds is 12. The van der Waals surface area contributed by atoms with Gasteiger partial charge in [0, 0.05) is 13.0 Å². The van der Waals surface area contributed by atoms with E-state index in [9.17, 15) is 5.11 Å². The van der Waals surface area contributed by atoms with Crippen LogP contribution in [0.1, 0.15) is 40.7 Å². The van der Waals surface area contributed by atoms with E-state index in [4.69, 9.17) is 18.9 Å². The Morgan fingerprint density at radius 3 is 1.88 bits per heavy atom. The normalized spacial score (nSPS) is 13.1. The van der Waals surface area contributed by atoms with Gasteiger partial charge in [0.05, 0.1) is 26.9 Å². The zero-order valence-electron chi connectivity index (χ0n) is 19.4. The van der Waals surface area contributed by atoms with Crippen LogP contribution >= 0.6 is 0 Å². The number of aliphatic hydroxyl groups is 1. The summed E-state index contributed by atoms with van der Waals surface area (Å²) in [5.41, 5.74) is 4.15. The number of benzene rings is 3. The van der Waals surface area contributed by atoms with E-state index < -0.39 is 6.10 Å². The molecule has 0 fully saturated rings. The zero-order valence-corrected chi connectivity index (χ0v) is 19.4. The molecule has 0 bridgehead atoms. The molecule has 3 aromatic rings. The number of ether oxygens (including phenoxy) is 4. The molecule has 0 spiro atoms. The molecule has 0 unspecified atom stereocenters. The van der Waals surface area contributed by atoms with Crippen LogP contribution < -0.4 is 9.47 Å². The maximum absolute atomic E-state index is 10.9. The number of hydrogen-bond donors (Lipinski definition) is 1. The summed E-state index contributed by atoms with van der Waals surface area (Å²) in [6, 6.07) is 23.8. The van der Waals surface area contributed by atoms with E-state index in [1.807, 2.05) is 60.7 Å². The van der Waals surface area contributed by atoms with E-state index in [0.29, 0.717) is 13.0 Å². The van der Waals surface area contributed by atoms with Crippen molar-refractivity contribution >= 4 is 6.08 Å². The standard InChI is InChI=1S/C28H32O5/c1-30-20-33-19-22-6-4-21(5-7-22)8-9-25(23-10-14-26(31-2)15-11-23)18-28(29)24-12-16-27(32-3)17-13-24/h4-17,25,28-29H,18-20H2,1-3H3/b9-8+/t25-,28-/m0/s1. The number of hydrogen-bond acceptors (Lipinski definition) is 5. The van der Waals surface area contributed by atoms with Crippen molar-refractivity contribution in [1.29, 1.82) is 0 Å². The van der Waals surface area contributed by atoms with Crippen molar-refractivity contribution in [2.45, 2.75) is 25.0 Å². The summed E-state index contributed by atoms with van der Waals surface area (Å²) in [5, 5.41) is 10.9. The second kappa shape index (κ2) is 12.8. The van der Waals surface area contributed by atoms with Gasteiger partial charge in [0.15, 0.2) is 0 Å². The van der Waals surface area contributed by atoms with Gasteiger partial charge in [-0.1, -0.05) is 60.7 Å². The third-order valence-electron chi connectivity index (χ3n) is 5.49. The van der Waals surface area contributed by atoms with Crippen molar-refractivity contribution in [2.75, 3.05) is 28.1 Å². The average Bonchev–Trinajstić information content (AvgIpc) is 2.87. The van der Waals surface area contributed by atoms with Crippen LogP contribution in [0.15, 0.2) is 78.9 Å². The van der Waals surface area contributed by atoms with Crippen molar-refractivity contribution in [3.8, 4) is 11.5 Å². The van der Waals surface area contributed by atoms with Crippen molar-refractivity contribution in [2.24, 2.45) is 0 Å². The third-order valence-corrected chi connectivity index (χ3v) is 5.49. The van der Waals surface area contributed by atoms with Crippen LogP contribution in [-0.2, 0) is 16.1 Å². The molecule has 0 aliphatic heterocycles. The van der Waals surface area contributed by atoms with Gasteiger partial charge in [0.1, 0.15) is 18.3 Å². The monoisotopic (exact) mass is 448 g/mol. The molecular weight excluding hydrogens is 416 g/mol. The van der Waals surface area contributed by atoms with Crippen LogP contribution in [0.2, 0.25) is 0 Å². The summed E-state index contributed by atoms with van der Waals surface area (Å²) < 4.78 is 20.8. The highest BCUT2D eigenvalue weighted by Crippen LogP contribution is 2.32. The van der Waals surface area contributed by atoms with E-state index in [1.54, 1.807) is 21.3 Å². The van der Waals surface area contributed by atoms with Crippen LogP contribution in [0.3, 0.4) is 0 Å². The lowest BCUT2D eigenvalue weighted by atomic mass is 9.89. The van der Waals surface area contributed by atoms with Crippen LogP contribution in [0.25, 0.3) is 6.08 Å². The van der Waals surface area contributed by atoms with Gasteiger partial charge in [-0.05, 0) is 52.9 Å². The second-order valence-electron chi connectivity index (χ2n) is 7.76. The maximum Gasteiger partial charge on any atom is 0.146 e. The van der Waals surface area contributed by atoms with E-state index in [2.05, 4.69) is 24.3 Å². The molecule has 2 atom stereocenters. The molecule has 0 amide bonds. The van der Waals surface area contributed by atoms with Gasteiger partial charge in [-0.15, -0.1) is 0 Å². The SMILES string of the molecule is COCOCc1ccc(/C=C/[C@@H](C[C@H](O)c2ccc(OC)cc2)c2ccc(OC)cc2)cc1. The predicted octanol–water partition coefficient (Wildman–Crippen LogP) is 5.75. The average molecular weight is 449 g/mol. The third kappa shape index (κ3) is 7.46. The fraction of sp³-hybridized carbons (Fsp3) is 0.286. The van der Waals surface area contributed by atoms with Crippen LogP contribution in [-0.4, -0.2) is 33.2 Å². The molecule has 3 rings (SSSR count). The lowest BCUT2D eigenvalue weighted by molar-refractivity contribution is -0.0390. The highest BCUT2D eigenvalue weighted by atomic mass is 16.7. The lowest BCUT2D eigenvalue weighted by Crippen LogP contribution is -2.05. The fourth-order valence-corrected chi connectivity index (χ4v) is 3.57. The largest absolute Gasteiger partial charge is 0.497 e. The topological polar surface area (TPSA) is 57.2 Å². The molecule has 5 heteroatoms. The highest BCUT2D eigenvalue weighted by Gasteiger charge is 2.16. The Labute approximate surface area is 196 Å². The van der Waals surface area contributed by atoms with E-state index in [0.717, 1.165) is 33.8 Å². The first-order valence-corrected chi connectivity index (χ1v) is 10.9. The van der Waals surface area contributed by atoms with Crippen LogP contribution in [0.4, 0.5) is 0 Å². The number of allylic oxidation sites excluding steroid dienone is 1. The molecular formula is C28H32O5. The first-order valence-electron chi connectivity index (χ1n) is 10.9. The summed E-state index contributed by atoms with van der Waals surface area (Å²) >= 11 is 0. The Balaban J connectivity index is 1.76. The summed E-state index contributed by atoms with van der Waals surface area (Å²) in [7, 11) is 4.90. The molecule has 174 valence electrons. The second-order valence-corrected chi connectivity index (χ2v) is 7.76. The predicted molar refractivity (Wildman–Crippen MR) is 130 cm³/mol. The Morgan fingerprint density at radius 1 is 0.758 bits per heavy atom. The van der Waals surface area contributed by atoms with Gasteiger partial charge in [-0.25, -0.2) is 0 Å². The molecule has 0 saturated heterocycles. The first kappa shape index (κ1) is 24.5. The van der Waals surface area contributed by atoms with Crippen molar-refractivity contribution in [3.63, 3.8) is 0 Å².